The van der Waals surface area contributed by atoms with Gasteiger partial charge in [0.05, 0.1) is 0 Å². The van der Waals surface area contributed by atoms with Gasteiger partial charge in [-0.05, 0) is 35.5 Å². The predicted octanol–water partition coefficient (Wildman–Crippen LogP) is 4.46. The topological polar surface area (TPSA) is 68.3 Å². The van der Waals surface area contributed by atoms with Gasteiger partial charge in [0.2, 0.25) is 0 Å². The fraction of sp³-hybridized carbons (Fsp3) is 0.333. The van der Waals surface area contributed by atoms with Gasteiger partial charge in [-0.2, -0.15) is 0 Å². The molecule has 0 amide bonds. The van der Waals surface area contributed by atoms with Crippen molar-refractivity contribution in [3.05, 3.63) is 70.3 Å². The molecule has 0 aliphatic heterocycles. The Balaban J connectivity index is 1.95. The largest absolute Gasteiger partial charge is 0.290 e. The number of carbonyl (C=O) groups excluding carboxylic acids is 4. The molecule has 0 heterocycles. The number of allylic oxidation sites excluding steroid dienone is 6. The standard InChI is InChI=1S/C24H24O4/c1-23(2,3)18-11-15(25)12-19(22(18)28)24(4,5)13-14-10-20(26)16-8-6-7-9-17(16)21(14)27/h6-12H,13H2,1-5H3. The third-order valence-corrected chi connectivity index (χ3v) is 5.27. The molecule has 0 atom stereocenters. The first-order valence-corrected chi connectivity index (χ1v) is 9.33. The Labute approximate surface area is 165 Å². The van der Waals surface area contributed by atoms with Crippen LogP contribution in [0.25, 0.3) is 0 Å². The second kappa shape index (κ2) is 6.62. The molecule has 0 unspecified atom stereocenters. The van der Waals surface area contributed by atoms with Crippen molar-refractivity contribution in [1.82, 2.24) is 0 Å². The summed E-state index contributed by atoms with van der Waals surface area (Å²) < 4.78 is 0. The van der Waals surface area contributed by atoms with Crippen LogP contribution in [0.5, 0.6) is 0 Å². The fourth-order valence-corrected chi connectivity index (χ4v) is 3.74. The van der Waals surface area contributed by atoms with Crippen LogP contribution < -0.4 is 0 Å². The quantitative estimate of drug-likeness (QED) is 0.731. The first kappa shape index (κ1) is 19.9. The fourth-order valence-electron chi connectivity index (χ4n) is 3.74. The summed E-state index contributed by atoms with van der Waals surface area (Å²) in [6, 6.07) is 6.74. The van der Waals surface area contributed by atoms with Crippen molar-refractivity contribution >= 4 is 23.1 Å². The van der Waals surface area contributed by atoms with E-state index in [9.17, 15) is 19.2 Å². The lowest BCUT2D eigenvalue weighted by molar-refractivity contribution is -0.116. The number of benzene rings is 1. The Morgan fingerprint density at radius 1 is 0.714 bits per heavy atom. The summed E-state index contributed by atoms with van der Waals surface area (Å²) in [4.78, 5) is 50.7. The van der Waals surface area contributed by atoms with Crippen molar-refractivity contribution in [2.75, 3.05) is 0 Å². The van der Waals surface area contributed by atoms with E-state index in [1.165, 1.54) is 18.2 Å². The van der Waals surface area contributed by atoms with Gasteiger partial charge in [0.1, 0.15) is 0 Å². The van der Waals surface area contributed by atoms with Crippen LogP contribution in [0.4, 0.5) is 0 Å². The van der Waals surface area contributed by atoms with Crippen LogP contribution in [-0.4, -0.2) is 23.1 Å². The molecular formula is C24H24O4. The molecule has 0 fully saturated rings. The molecule has 2 aliphatic carbocycles. The van der Waals surface area contributed by atoms with Gasteiger partial charge in [-0.15, -0.1) is 0 Å². The predicted molar refractivity (Wildman–Crippen MR) is 107 cm³/mol. The maximum absolute atomic E-state index is 13.1. The normalized spacial score (nSPS) is 17.8. The van der Waals surface area contributed by atoms with Crippen LogP contribution in [0.1, 0.15) is 61.8 Å². The molecule has 0 N–H and O–H groups in total. The van der Waals surface area contributed by atoms with E-state index < -0.39 is 10.8 Å². The minimum Gasteiger partial charge on any atom is -0.290 e. The summed E-state index contributed by atoms with van der Waals surface area (Å²) in [6.07, 6.45) is 4.32. The highest BCUT2D eigenvalue weighted by Crippen LogP contribution is 2.41. The first-order chi connectivity index (χ1) is 12.9. The van der Waals surface area contributed by atoms with E-state index in [4.69, 9.17) is 0 Å². The lowest BCUT2D eigenvalue weighted by Crippen LogP contribution is -2.32. The second-order valence-corrected chi connectivity index (χ2v) is 9.07. The van der Waals surface area contributed by atoms with E-state index in [1.807, 2.05) is 34.6 Å². The Kier molecular flexibility index (Phi) is 4.70. The number of Topliss-reactive ketones (excluding diaryl/α,β-unsaturated/α-hetero) is 2. The van der Waals surface area contributed by atoms with Crippen molar-refractivity contribution < 1.29 is 19.2 Å². The van der Waals surface area contributed by atoms with E-state index in [0.29, 0.717) is 27.8 Å². The van der Waals surface area contributed by atoms with Crippen molar-refractivity contribution in [3.8, 4) is 0 Å². The van der Waals surface area contributed by atoms with Gasteiger partial charge in [-0.25, -0.2) is 0 Å². The molecule has 0 saturated heterocycles. The van der Waals surface area contributed by atoms with Crippen LogP contribution in [0.3, 0.4) is 0 Å². The Morgan fingerprint density at radius 2 is 1.29 bits per heavy atom. The van der Waals surface area contributed by atoms with Gasteiger partial charge in [0.15, 0.2) is 23.1 Å². The maximum Gasteiger partial charge on any atom is 0.189 e. The number of fused-ring (bicyclic) bond motifs is 1. The van der Waals surface area contributed by atoms with E-state index >= 15 is 0 Å². The molecular weight excluding hydrogens is 352 g/mol. The van der Waals surface area contributed by atoms with Gasteiger partial charge in [-0.3, -0.25) is 19.2 Å². The zero-order valence-electron chi connectivity index (χ0n) is 16.9. The highest BCUT2D eigenvalue weighted by Gasteiger charge is 2.39. The number of carbonyl (C=O) groups is 4. The molecule has 0 spiro atoms. The number of ketones is 4. The van der Waals surface area contributed by atoms with Crippen LogP contribution in [0.15, 0.2) is 59.2 Å². The molecule has 144 valence electrons. The molecule has 28 heavy (non-hydrogen) atoms. The van der Waals surface area contributed by atoms with Crippen molar-refractivity contribution in [3.63, 3.8) is 0 Å². The Bertz CT molecular complexity index is 1010. The highest BCUT2D eigenvalue weighted by molar-refractivity contribution is 6.25. The molecule has 4 heteroatoms. The third-order valence-electron chi connectivity index (χ3n) is 5.27. The van der Waals surface area contributed by atoms with E-state index in [1.54, 1.807) is 24.3 Å². The average molecular weight is 376 g/mol. The Morgan fingerprint density at radius 3 is 1.89 bits per heavy atom. The molecule has 0 saturated carbocycles. The minimum absolute atomic E-state index is 0.173. The van der Waals surface area contributed by atoms with Gasteiger partial charge >= 0.3 is 0 Å². The van der Waals surface area contributed by atoms with Crippen molar-refractivity contribution in [1.29, 1.82) is 0 Å². The number of hydrogen-bond acceptors (Lipinski definition) is 4. The molecule has 0 aromatic heterocycles. The van der Waals surface area contributed by atoms with Crippen LogP contribution in [0, 0.1) is 10.8 Å². The van der Waals surface area contributed by atoms with Gasteiger partial charge < -0.3 is 0 Å². The van der Waals surface area contributed by atoms with Crippen LogP contribution in [0.2, 0.25) is 0 Å². The van der Waals surface area contributed by atoms with Crippen molar-refractivity contribution in [2.24, 2.45) is 10.8 Å². The van der Waals surface area contributed by atoms with Gasteiger partial charge in [0, 0.05) is 27.8 Å². The maximum atomic E-state index is 13.1. The molecule has 0 radical (unpaired) electrons. The summed E-state index contributed by atoms with van der Waals surface area (Å²) in [5.41, 5.74) is 0.759. The second-order valence-electron chi connectivity index (χ2n) is 9.07. The van der Waals surface area contributed by atoms with Gasteiger partial charge in [0.25, 0.3) is 0 Å². The molecule has 2 aliphatic rings. The molecule has 1 aromatic rings. The summed E-state index contributed by atoms with van der Waals surface area (Å²) in [7, 11) is 0. The van der Waals surface area contributed by atoms with Crippen molar-refractivity contribution in [2.45, 2.75) is 41.0 Å². The number of hydrogen-bond donors (Lipinski definition) is 0. The first-order valence-electron chi connectivity index (χ1n) is 9.33. The van der Waals surface area contributed by atoms with Crippen LogP contribution in [-0.2, 0) is 9.59 Å². The molecule has 0 bridgehead atoms. The summed E-state index contributed by atoms with van der Waals surface area (Å²) in [6.45, 7) is 9.33. The summed E-state index contributed by atoms with van der Waals surface area (Å²) >= 11 is 0. The lowest BCUT2D eigenvalue weighted by atomic mass is 9.68. The monoisotopic (exact) mass is 376 g/mol. The third kappa shape index (κ3) is 3.47. The minimum atomic E-state index is -0.772. The average Bonchev–Trinajstić information content (AvgIpc) is 2.60. The van der Waals surface area contributed by atoms with Crippen LogP contribution >= 0.6 is 0 Å². The van der Waals surface area contributed by atoms with E-state index in [-0.39, 0.29) is 29.6 Å². The van der Waals surface area contributed by atoms with E-state index in [2.05, 4.69) is 0 Å². The summed E-state index contributed by atoms with van der Waals surface area (Å²) in [5.74, 6) is -0.813. The smallest absolute Gasteiger partial charge is 0.189 e. The number of rotatable bonds is 3. The highest BCUT2D eigenvalue weighted by atomic mass is 16.1. The molecule has 1 aromatic carbocycles. The molecule has 3 rings (SSSR count). The summed E-state index contributed by atoms with van der Waals surface area (Å²) in [5, 5.41) is 0. The SMILES string of the molecule is CC(C)(C)C1=CC(=O)C=C(C(C)(C)CC2=CC(=O)c3ccccc3C2=O)C1=O. The van der Waals surface area contributed by atoms with E-state index in [0.717, 1.165) is 0 Å². The van der Waals surface area contributed by atoms with Gasteiger partial charge in [-0.1, -0.05) is 58.9 Å². The Hall–Kier alpha value is -2.88. The molecule has 4 nitrogen and oxygen atoms in total. The zero-order valence-corrected chi connectivity index (χ0v) is 16.9. The zero-order chi connectivity index (χ0) is 20.9. The lowest BCUT2D eigenvalue weighted by Gasteiger charge is -2.33.